The summed E-state index contributed by atoms with van der Waals surface area (Å²) in [6, 6.07) is 0.0603. The molecule has 1 aliphatic carbocycles. The molecule has 0 aromatic carbocycles. The minimum atomic E-state index is -0.724. The van der Waals surface area contributed by atoms with Gasteiger partial charge in [-0.15, -0.1) is 0 Å². The summed E-state index contributed by atoms with van der Waals surface area (Å²) in [6.45, 7) is 2.69. The zero-order chi connectivity index (χ0) is 11.7. The maximum Gasteiger partial charge on any atom is 0.410 e. The molecule has 0 radical (unpaired) electrons. The van der Waals surface area contributed by atoms with Crippen LogP contribution in [-0.2, 0) is 9.53 Å². The molecule has 1 N–H and O–H groups in total. The van der Waals surface area contributed by atoms with E-state index in [0.717, 1.165) is 12.8 Å². The van der Waals surface area contributed by atoms with E-state index in [-0.39, 0.29) is 24.0 Å². The van der Waals surface area contributed by atoms with Gasteiger partial charge >= 0.3 is 12.1 Å². The van der Waals surface area contributed by atoms with Gasteiger partial charge in [0, 0.05) is 12.6 Å². The van der Waals surface area contributed by atoms with Gasteiger partial charge in [-0.1, -0.05) is 0 Å². The molecule has 1 saturated carbocycles. The molecule has 2 aliphatic heterocycles. The Hall–Kier alpha value is -1.26. The van der Waals surface area contributed by atoms with Gasteiger partial charge in [0.25, 0.3) is 0 Å². The third kappa shape index (κ3) is 1.86. The molecule has 2 bridgehead atoms. The summed E-state index contributed by atoms with van der Waals surface area (Å²) in [5.41, 5.74) is 0. The fourth-order valence-corrected chi connectivity index (χ4v) is 2.85. The van der Waals surface area contributed by atoms with Crippen molar-refractivity contribution in [2.75, 3.05) is 13.2 Å². The van der Waals surface area contributed by atoms with Crippen LogP contribution in [0.15, 0.2) is 0 Å². The number of piperidine rings is 2. The zero-order valence-corrected chi connectivity index (χ0v) is 9.39. The Morgan fingerprint density at radius 2 is 2.19 bits per heavy atom. The average molecular weight is 227 g/mol. The summed E-state index contributed by atoms with van der Waals surface area (Å²) in [7, 11) is 0. The Kier molecular flexibility index (Phi) is 3.03. The van der Waals surface area contributed by atoms with Gasteiger partial charge in [-0.2, -0.15) is 0 Å². The van der Waals surface area contributed by atoms with Crippen LogP contribution in [-0.4, -0.2) is 41.3 Å². The van der Waals surface area contributed by atoms with Crippen LogP contribution in [0.2, 0.25) is 0 Å². The first-order valence-electron chi connectivity index (χ1n) is 5.79. The number of amides is 1. The second kappa shape index (κ2) is 4.31. The molecule has 3 rings (SSSR count). The van der Waals surface area contributed by atoms with E-state index in [2.05, 4.69) is 0 Å². The molecule has 3 atom stereocenters. The molecule has 90 valence electrons. The highest BCUT2D eigenvalue weighted by atomic mass is 16.6. The lowest BCUT2D eigenvalue weighted by molar-refractivity contribution is -0.149. The van der Waals surface area contributed by atoms with Crippen molar-refractivity contribution in [2.45, 2.75) is 32.2 Å². The summed E-state index contributed by atoms with van der Waals surface area (Å²) in [6.07, 6.45) is 2.12. The number of nitrogens with zero attached hydrogens (tertiary/aromatic N) is 1. The van der Waals surface area contributed by atoms with Gasteiger partial charge < -0.3 is 14.7 Å². The number of carboxylic acids is 1. The summed E-state index contributed by atoms with van der Waals surface area (Å²) in [4.78, 5) is 24.3. The minimum absolute atomic E-state index is 0.0603. The van der Waals surface area contributed by atoms with Crippen LogP contribution in [0.5, 0.6) is 0 Å². The summed E-state index contributed by atoms with van der Waals surface area (Å²) >= 11 is 0. The van der Waals surface area contributed by atoms with Crippen molar-refractivity contribution in [3.8, 4) is 0 Å². The van der Waals surface area contributed by atoms with Crippen molar-refractivity contribution in [1.29, 1.82) is 0 Å². The smallest absolute Gasteiger partial charge is 0.410 e. The van der Waals surface area contributed by atoms with Crippen LogP contribution in [0.4, 0.5) is 4.79 Å². The number of carbonyl (C=O) groups excluding carboxylic acids is 1. The predicted molar refractivity (Wildman–Crippen MR) is 56.0 cm³/mol. The molecule has 0 aromatic rings. The van der Waals surface area contributed by atoms with Crippen molar-refractivity contribution in [3.63, 3.8) is 0 Å². The molecular formula is C11H17NO4. The Labute approximate surface area is 94.4 Å². The number of hydrogen-bond acceptors (Lipinski definition) is 3. The predicted octanol–water partition coefficient (Wildman–Crippen LogP) is 1.33. The van der Waals surface area contributed by atoms with Gasteiger partial charge in [-0.05, 0) is 32.1 Å². The van der Waals surface area contributed by atoms with Gasteiger partial charge in [0.15, 0.2) is 0 Å². The van der Waals surface area contributed by atoms with E-state index in [4.69, 9.17) is 9.84 Å². The molecule has 2 heterocycles. The van der Waals surface area contributed by atoms with E-state index in [0.29, 0.717) is 19.6 Å². The zero-order valence-electron chi connectivity index (χ0n) is 9.39. The molecule has 0 spiro atoms. The van der Waals surface area contributed by atoms with Crippen LogP contribution >= 0.6 is 0 Å². The van der Waals surface area contributed by atoms with Gasteiger partial charge in [-0.25, -0.2) is 4.79 Å². The third-order valence-electron chi connectivity index (χ3n) is 3.66. The lowest BCUT2D eigenvalue weighted by Crippen LogP contribution is -2.55. The SMILES string of the molecule is CCOC(=O)N1CC2CCC1CC2C(=O)O. The first-order chi connectivity index (χ1) is 7.63. The number of fused-ring (bicyclic) bond motifs is 3. The number of aliphatic carboxylic acids is 1. The Bertz CT molecular complexity index is 304. The normalized spacial score (nSPS) is 32.6. The van der Waals surface area contributed by atoms with Crippen LogP contribution < -0.4 is 0 Å². The van der Waals surface area contributed by atoms with Gasteiger partial charge in [0.05, 0.1) is 12.5 Å². The maximum atomic E-state index is 11.6. The summed E-state index contributed by atoms with van der Waals surface area (Å²) in [5, 5.41) is 9.05. The first kappa shape index (κ1) is 11.2. The molecular weight excluding hydrogens is 210 g/mol. The largest absolute Gasteiger partial charge is 0.481 e. The maximum absolute atomic E-state index is 11.6. The Morgan fingerprint density at radius 1 is 1.44 bits per heavy atom. The molecule has 2 saturated heterocycles. The van der Waals surface area contributed by atoms with E-state index in [1.165, 1.54) is 0 Å². The highest BCUT2D eigenvalue weighted by Crippen LogP contribution is 2.39. The molecule has 1 amide bonds. The lowest BCUT2D eigenvalue weighted by atomic mass is 9.72. The van der Waals surface area contributed by atoms with Crippen molar-refractivity contribution >= 4 is 12.1 Å². The topological polar surface area (TPSA) is 66.8 Å². The fraction of sp³-hybridized carbons (Fsp3) is 0.818. The molecule has 3 aliphatic rings. The Morgan fingerprint density at radius 3 is 2.69 bits per heavy atom. The number of carboxylic acid groups (broad SMARTS) is 1. The number of rotatable bonds is 2. The van der Waals surface area contributed by atoms with Crippen LogP contribution in [0, 0.1) is 11.8 Å². The van der Waals surface area contributed by atoms with Crippen molar-refractivity contribution in [1.82, 2.24) is 4.90 Å². The minimum Gasteiger partial charge on any atom is -0.481 e. The average Bonchev–Trinajstić information content (AvgIpc) is 2.29. The molecule has 3 unspecified atom stereocenters. The van der Waals surface area contributed by atoms with E-state index in [1.54, 1.807) is 11.8 Å². The fourth-order valence-electron chi connectivity index (χ4n) is 2.85. The highest BCUT2D eigenvalue weighted by Gasteiger charge is 2.45. The third-order valence-corrected chi connectivity index (χ3v) is 3.66. The van der Waals surface area contributed by atoms with Crippen LogP contribution in [0.1, 0.15) is 26.2 Å². The standard InChI is InChI=1S/C11H17NO4/c1-2-16-11(15)12-6-7-3-4-8(12)5-9(7)10(13)14/h7-9H,2-6H2,1H3,(H,13,14). The summed E-state index contributed by atoms with van der Waals surface area (Å²) < 4.78 is 4.97. The molecule has 5 nitrogen and oxygen atoms in total. The van der Waals surface area contributed by atoms with Crippen molar-refractivity contribution in [2.24, 2.45) is 11.8 Å². The lowest BCUT2D eigenvalue weighted by Gasteiger charge is -2.47. The highest BCUT2D eigenvalue weighted by molar-refractivity contribution is 5.73. The van der Waals surface area contributed by atoms with Gasteiger partial charge in [0.2, 0.25) is 0 Å². The van der Waals surface area contributed by atoms with E-state index < -0.39 is 5.97 Å². The molecule has 5 heteroatoms. The second-order valence-electron chi connectivity index (χ2n) is 4.52. The summed E-state index contributed by atoms with van der Waals surface area (Å²) in [5.74, 6) is -0.894. The van der Waals surface area contributed by atoms with Crippen molar-refractivity contribution < 1.29 is 19.4 Å². The number of ether oxygens (including phenoxy) is 1. The Balaban J connectivity index is 2.03. The van der Waals surface area contributed by atoms with Crippen LogP contribution in [0.25, 0.3) is 0 Å². The quantitative estimate of drug-likeness (QED) is 0.772. The van der Waals surface area contributed by atoms with E-state index in [9.17, 15) is 9.59 Å². The number of carbonyl (C=O) groups is 2. The van der Waals surface area contributed by atoms with E-state index in [1.807, 2.05) is 0 Å². The monoisotopic (exact) mass is 227 g/mol. The molecule has 3 fully saturated rings. The van der Waals surface area contributed by atoms with E-state index >= 15 is 0 Å². The van der Waals surface area contributed by atoms with Gasteiger partial charge in [-0.3, -0.25) is 4.79 Å². The second-order valence-corrected chi connectivity index (χ2v) is 4.52. The molecule has 16 heavy (non-hydrogen) atoms. The molecule has 0 aromatic heterocycles. The first-order valence-corrected chi connectivity index (χ1v) is 5.79. The van der Waals surface area contributed by atoms with Gasteiger partial charge in [0.1, 0.15) is 0 Å². The van der Waals surface area contributed by atoms with Crippen LogP contribution in [0.3, 0.4) is 0 Å². The number of hydrogen-bond donors (Lipinski definition) is 1. The van der Waals surface area contributed by atoms with Crippen molar-refractivity contribution in [3.05, 3.63) is 0 Å².